The van der Waals surface area contributed by atoms with E-state index in [2.05, 4.69) is 0 Å². The first-order chi connectivity index (χ1) is 9.41. The highest BCUT2D eigenvalue weighted by Gasteiger charge is 2.39. The standard InChI is InChI=1S/C16H23FO3/c1-15(2)8-7-14(20-15)9-16(10-18,11-19)12-3-5-13(17)6-4-12/h3-6,14,18-19H,7-11H2,1-2H3. The molecule has 1 aromatic rings. The van der Waals surface area contributed by atoms with Crippen molar-refractivity contribution in [2.75, 3.05) is 13.2 Å². The molecule has 0 aromatic heterocycles. The Morgan fingerprint density at radius 1 is 1.25 bits per heavy atom. The van der Waals surface area contributed by atoms with Crippen molar-refractivity contribution in [3.8, 4) is 0 Å². The SMILES string of the molecule is CC1(C)CCC(CC(CO)(CO)c2ccc(F)cc2)O1. The van der Waals surface area contributed by atoms with Crippen molar-refractivity contribution in [3.05, 3.63) is 35.6 Å². The van der Waals surface area contributed by atoms with Crippen LogP contribution in [0.2, 0.25) is 0 Å². The van der Waals surface area contributed by atoms with Crippen LogP contribution in [0.25, 0.3) is 0 Å². The number of halogens is 1. The van der Waals surface area contributed by atoms with E-state index in [0.29, 0.717) is 6.42 Å². The van der Waals surface area contributed by atoms with Gasteiger partial charge in [-0.3, -0.25) is 0 Å². The fourth-order valence-corrected chi connectivity index (χ4v) is 2.94. The predicted molar refractivity (Wildman–Crippen MR) is 75.1 cm³/mol. The van der Waals surface area contributed by atoms with E-state index in [-0.39, 0.29) is 30.7 Å². The minimum Gasteiger partial charge on any atom is -0.395 e. The molecule has 0 saturated carbocycles. The van der Waals surface area contributed by atoms with Crippen molar-refractivity contribution >= 4 is 0 Å². The minimum absolute atomic E-state index is 0.00866. The summed E-state index contributed by atoms with van der Waals surface area (Å²) in [4.78, 5) is 0. The molecule has 1 unspecified atom stereocenters. The topological polar surface area (TPSA) is 49.7 Å². The van der Waals surface area contributed by atoms with E-state index in [1.807, 2.05) is 13.8 Å². The van der Waals surface area contributed by atoms with Gasteiger partial charge in [0.1, 0.15) is 5.82 Å². The van der Waals surface area contributed by atoms with Gasteiger partial charge in [0.25, 0.3) is 0 Å². The number of benzene rings is 1. The van der Waals surface area contributed by atoms with Gasteiger partial charge in [0.05, 0.1) is 24.9 Å². The Hall–Kier alpha value is -0.970. The largest absolute Gasteiger partial charge is 0.395 e. The highest BCUT2D eigenvalue weighted by Crippen LogP contribution is 2.37. The third-order valence-corrected chi connectivity index (χ3v) is 4.23. The quantitative estimate of drug-likeness (QED) is 0.872. The summed E-state index contributed by atoms with van der Waals surface area (Å²) in [5, 5.41) is 19.6. The zero-order valence-corrected chi connectivity index (χ0v) is 12.1. The number of ether oxygens (including phenoxy) is 1. The molecule has 1 heterocycles. The second-order valence-corrected chi connectivity index (χ2v) is 6.35. The number of hydrogen-bond donors (Lipinski definition) is 2. The first-order valence-corrected chi connectivity index (χ1v) is 7.06. The first-order valence-electron chi connectivity index (χ1n) is 7.06. The molecule has 1 atom stereocenters. The molecule has 1 aliphatic rings. The molecule has 1 aromatic carbocycles. The van der Waals surface area contributed by atoms with Gasteiger partial charge in [0.2, 0.25) is 0 Å². The Morgan fingerprint density at radius 3 is 2.30 bits per heavy atom. The summed E-state index contributed by atoms with van der Waals surface area (Å²) in [7, 11) is 0. The van der Waals surface area contributed by atoms with Crippen molar-refractivity contribution in [1.82, 2.24) is 0 Å². The van der Waals surface area contributed by atoms with E-state index in [1.54, 1.807) is 12.1 Å². The average Bonchev–Trinajstić information content (AvgIpc) is 2.76. The Bertz CT molecular complexity index is 438. The molecule has 0 radical (unpaired) electrons. The lowest BCUT2D eigenvalue weighted by Gasteiger charge is -2.33. The predicted octanol–water partition coefficient (Wildman–Crippen LogP) is 2.40. The Balaban J connectivity index is 2.19. The lowest BCUT2D eigenvalue weighted by atomic mass is 9.77. The van der Waals surface area contributed by atoms with E-state index in [4.69, 9.17) is 4.74 Å². The summed E-state index contributed by atoms with van der Waals surface area (Å²) >= 11 is 0. The van der Waals surface area contributed by atoms with Crippen molar-refractivity contribution in [1.29, 1.82) is 0 Å². The van der Waals surface area contributed by atoms with Crippen LogP contribution < -0.4 is 0 Å². The molecule has 0 aliphatic carbocycles. The molecule has 3 nitrogen and oxygen atoms in total. The third kappa shape index (κ3) is 3.19. The average molecular weight is 282 g/mol. The fraction of sp³-hybridized carbons (Fsp3) is 0.625. The van der Waals surface area contributed by atoms with Crippen LogP contribution >= 0.6 is 0 Å². The van der Waals surface area contributed by atoms with Crippen molar-refractivity contribution in [2.45, 2.75) is 50.2 Å². The second-order valence-electron chi connectivity index (χ2n) is 6.35. The molecule has 112 valence electrons. The highest BCUT2D eigenvalue weighted by molar-refractivity contribution is 5.27. The van der Waals surface area contributed by atoms with Gasteiger partial charge >= 0.3 is 0 Å². The molecule has 0 amide bonds. The van der Waals surface area contributed by atoms with Gasteiger partial charge in [-0.1, -0.05) is 12.1 Å². The first kappa shape index (κ1) is 15.4. The van der Waals surface area contributed by atoms with Crippen molar-refractivity contribution < 1.29 is 19.3 Å². The molecule has 4 heteroatoms. The molecule has 1 fully saturated rings. The molecule has 0 bridgehead atoms. The van der Waals surface area contributed by atoms with Crippen molar-refractivity contribution in [3.63, 3.8) is 0 Å². The monoisotopic (exact) mass is 282 g/mol. The van der Waals surface area contributed by atoms with Crippen LogP contribution in [-0.2, 0) is 10.2 Å². The van der Waals surface area contributed by atoms with Crippen LogP contribution in [-0.4, -0.2) is 35.1 Å². The molecule has 20 heavy (non-hydrogen) atoms. The van der Waals surface area contributed by atoms with Gasteiger partial charge in [-0.2, -0.15) is 0 Å². The maximum Gasteiger partial charge on any atom is 0.123 e. The van der Waals surface area contributed by atoms with Crippen LogP contribution in [0.4, 0.5) is 4.39 Å². The molecular formula is C16H23FO3. The van der Waals surface area contributed by atoms with E-state index < -0.39 is 5.41 Å². The maximum absolute atomic E-state index is 13.0. The molecule has 0 spiro atoms. The van der Waals surface area contributed by atoms with Crippen LogP contribution in [0.15, 0.2) is 24.3 Å². The van der Waals surface area contributed by atoms with E-state index in [1.165, 1.54) is 12.1 Å². The smallest absolute Gasteiger partial charge is 0.123 e. The number of rotatable bonds is 5. The molecule has 2 N–H and O–H groups in total. The minimum atomic E-state index is -0.779. The van der Waals surface area contributed by atoms with Crippen molar-refractivity contribution in [2.24, 2.45) is 0 Å². The maximum atomic E-state index is 13.0. The van der Waals surface area contributed by atoms with Gasteiger partial charge in [0.15, 0.2) is 0 Å². The summed E-state index contributed by atoms with van der Waals surface area (Å²) in [5.41, 5.74) is -0.180. The number of hydrogen-bond acceptors (Lipinski definition) is 3. The van der Waals surface area contributed by atoms with Crippen LogP contribution in [0, 0.1) is 5.82 Å². The number of aliphatic hydroxyl groups is 2. The lowest BCUT2D eigenvalue weighted by molar-refractivity contribution is -0.0381. The van der Waals surface area contributed by atoms with Gasteiger partial charge in [0, 0.05) is 5.41 Å². The molecule has 1 saturated heterocycles. The summed E-state index contributed by atoms with van der Waals surface area (Å²) in [6.07, 6.45) is 2.42. The molecule has 1 aliphatic heterocycles. The summed E-state index contributed by atoms with van der Waals surface area (Å²) in [6.45, 7) is 3.72. The van der Waals surface area contributed by atoms with Crippen LogP contribution in [0.3, 0.4) is 0 Å². The van der Waals surface area contributed by atoms with Gasteiger partial charge in [-0.15, -0.1) is 0 Å². The lowest BCUT2D eigenvalue weighted by Crippen LogP contribution is -2.39. The number of aliphatic hydroxyl groups excluding tert-OH is 2. The summed E-state index contributed by atoms with van der Waals surface area (Å²) < 4.78 is 19.0. The van der Waals surface area contributed by atoms with Gasteiger partial charge < -0.3 is 14.9 Å². The summed E-state index contributed by atoms with van der Waals surface area (Å²) in [5.74, 6) is -0.322. The zero-order chi connectivity index (χ0) is 14.8. The van der Waals surface area contributed by atoms with E-state index in [0.717, 1.165) is 18.4 Å². The third-order valence-electron chi connectivity index (χ3n) is 4.23. The molecule has 2 rings (SSSR count). The van der Waals surface area contributed by atoms with Gasteiger partial charge in [-0.25, -0.2) is 4.39 Å². The van der Waals surface area contributed by atoms with Crippen LogP contribution in [0.5, 0.6) is 0 Å². The Labute approximate surface area is 119 Å². The second kappa shape index (κ2) is 5.80. The van der Waals surface area contributed by atoms with E-state index >= 15 is 0 Å². The van der Waals surface area contributed by atoms with E-state index in [9.17, 15) is 14.6 Å². The zero-order valence-electron chi connectivity index (χ0n) is 12.1. The van der Waals surface area contributed by atoms with Gasteiger partial charge in [-0.05, 0) is 50.8 Å². The normalized spacial score (nSPS) is 22.1. The van der Waals surface area contributed by atoms with Crippen LogP contribution in [0.1, 0.15) is 38.7 Å². The Morgan fingerprint density at radius 2 is 1.85 bits per heavy atom. The fourth-order valence-electron chi connectivity index (χ4n) is 2.94. The summed E-state index contributed by atoms with van der Waals surface area (Å²) in [6, 6.07) is 5.97. The Kier molecular flexibility index (Phi) is 4.47. The highest BCUT2D eigenvalue weighted by atomic mass is 19.1. The molecular weight excluding hydrogens is 259 g/mol.